The number of nitrogens with zero attached hydrogens (tertiary/aromatic N) is 2. The Balaban J connectivity index is 2.04. The first kappa shape index (κ1) is 13.9. The van der Waals surface area contributed by atoms with Gasteiger partial charge in [-0.05, 0) is 38.0 Å². The normalized spacial score (nSPS) is 18.4. The molecule has 0 saturated carbocycles. The fourth-order valence-electron chi connectivity index (χ4n) is 2.63. The van der Waals surface area contributed by atoms with E-state index in [-0.39, 0.29) is 11.9 Å². The van der Waals surface area contributed by atoms with Crippen molar-refractivity contribution in [3.05, 3.63) is 29.3 Å². The Labute approximate surface area is 115 Å². The third kappa shape index (κ3) is 2.89. The van der Waals surface area contributed by atoms with Crippen LogP contribution in [0.15, 0.2) is 18.2 Å². The van der Waals surface area contributed by atoms with Crippen molar-refractivity contribution >= 4 is 11.5 Å². The predicted octanol–water partition coefficient (Wildman–Crippen LogP) is 1.75. The lowest BCUT2D eigenvalue weighted by Crippen LogP contribution is -2.53. The summed E-state index contributed by atoms with van der Waals surface area (Å²) in [6, 6.07) is 6.54. The molecule has 0 bridgehead atoms. The largest absolute Gasteiger partial charge is 0.386 e. The fraction of sp³-hybridized carbons (Fsp3) is 0.533. The second kappa shape index (κ2) is 5.61. The average molecular weight is 260 g/mol. The Morgan fingerprint density at radius 1 is 1.21 bits per heavy atom. The molecular weight excluding hydrogens is 236 g/mol. The first-order valence-corrected chi connectivity index (χ1v) is 6.90. The third-order valence-corrected chi connectivity index (χ3v) is 4.23. The van der Waals surface area contributed by atoms with Gasteiger partial charge in [0.1, 0.15) is 5.84 Å². The van der Waals surface area contributed by atoms with Crippen molar-refractivity contribution in [3.63, 3.8) is 0 Å². The van der Waals surface area contributed by atoms with Crippen LogP contribution < -0.4 is 10.6 Å². The van der Waals surface area contributed by atoms with Crippen molar-refractivity contribution < 1.29 is 0 Å². The lowest BCUT2D eigenvalue weighted by Gasteiger charge is -2.39. The van der Waals surface area contributed by atoms with Gasteiger partial charge in [-0.1, -0.05) is 12.1 Å². The number of aryl methyl sites for hydroxylation is 1. The molecule has 0 radical (unpaired) electrons. The number of nitrogens with one attached hydrogen (secondary N) is 1. The molecule has 1 fully saturated rings. The maximum Gasteiger partial charge on any atom is 0.108 e. The van der Waals surface area contributed by atoms with Crippen LogP contribution in [-0.2, 0) is 0 Å². The van der Waals surface area contributed by atoms with E-state index < -0.39 is 0 Å². The first-order chi connectivity index (χ1) is 9.00. The van der Waals surface area contributed by atoms with Gasteiger partial charge in [0.25, 0.3) is 0 Å². The van der Waals surface area contributed by atoms with Gasteiger partial charge in [-0.3, -0.25) is 10.3 Å². The standard InChI is InChI=1S/C15H24N4/c1-11-5-4-6-14(12(11)2)19-9-7-18(8-10-19)13(3)15(16)17/h4-6,13H,7-10H2,1-3H3,(H3,16,17). The first-order valence-electron chi connectivity index (χ1n) is 6.90. The van der Waals surface area contributed by atoms with Crippen molar-refractivity contribution in [2.45, 2.75) is 26.8 Å². The molecule has 4 nitrogen and oxygen atoms in total. The molecule has 3 N–H and O–H groups in total. The zero-order valence-corrected chi connectivity index (χ0v) is 12.1. The Morgan fingerprint density at radius 2 is 1.84 bits per heavy atom. The molecule has 0 aromatic heterocycles. The van der Waals surface area contributed by atoms with Gasteiger partial charge in [0, 0.05) is 31.9 Å². The number of hydrogen-bond donors (Lipinski definition) is 2. The molecular formula is C15H24N4. The van der Waals surface area contributed by atoms with Crippen LogP contribution in [0.5, 0.6) is 0 Å². The molecule has 4 heteroatoms. The van der Waals surface area contributed by atoms with E-state index in [9.17, 15) is 0 Å². The summed E-state index contributed by atoms with van der Waals surface area (Å²) < 4.78 is 0. The van der Waals surface area contributed by atoms with Gasteiger partial charge in [0.05, 0.1) is 6.04 Å². The number of benzene rings is 1. The maximum atomic E-state index is 7.54. The van der Waals surface area contributed by atoms with Gasteiger partial charge in [-0.25, -0.2) is 0 Å². The zero-order valence-electron chi connectivity index (χ0n) is 12.1. The smallest absolute Gasteiger partial charge is 0.108 e. The molecule has 1 aliphatic rings. The van der Waals surface area contributed by atoms with Crippen molar-refractivity contribution in [1.82, 2.24) is 4.90 Å². The summed E-state index contributed by atoms with van der Waals surface area (Å²) in [4.78, 5) is 4.72. The minimum absolute atomic E-state index is 0.0563. The van der Waals surface area contributed by atoms with Crippen LogP contribution in [0.3, 0.4) is 0 Å². The number of nitrogens with two attached hydrogens (primary N) is 1. The molecule has 1 aromatic carbocycles. The maximum absolute atomic E-state index is 7.54. The molecule has 1 aliphatic heterocycles. The van der Waals surface area contributed by atoms with Crippen molar-refractivity contribution in [1.29, 1.82) is 5.41 Å². The number of hydrogen-bond acceptors (Lipinski definition) is 3. The number of anilines is 1. The minimum Gasteiger partial charge on any atom is -0.386 e. The van der Waals surface area contributed by atoms with Crippen molar-refractivity contribution in [2.75, 3.05) is 31.1 Å². The second-order valence-corrected chi connectivity index (χ2v) is 5.37. The van der Waals surface area contributed by atoms with Gasteiger partial charge >= 0.3 is 0 Å². The number of rotatable bonds is 3. The summed E-state index contributed by atoms with van der Waals surface area (Å²) in [6.45, 7) is 10.3. The van der Waals surface area contributed by atoms with Crippen LogP contribution >= 0.6 is 0 Å². The summed E-state index contributed by atoms with van der Waals surface area (Å²) in [7, 11) is 0. The van der Waals surface area contributed by atoms with Crippen LogP contribution in [0.2, 0.25) is 0 Å². The lowest BCUT2D eigenvalue weighted by atomic mass is 10.1. The molecule has 2 rings (SSSR count). The highest BCUT2D eigenvalue weighted by molar-refractivity contribution is 5.82. The van der Waals surface area contributed by atoms with E-state index in [2.05, 4.69) is 41.8 Å². The predicted molar refractivity (Wildman–Crippen MR) is 81.1 cm³/mol. The average Bonchev–Trinajstić information content (AvgIpc) is 2.41. The van der Waals surface area contributed by atoms with Crippen molar-refractivity contribution in [2.24, 2.45) is 5.73 Å². The molecule has 1 unspecified atom stereocenters. The van der Waals surface area contributed by atoms with Crippen LogP contribution in [0.25, 0.3) is 0 Å². The van der Waals surface area contributed by atoms with Crippen LogP contribution in [0, 0.1) is 19.3 Å². The monoisotopic (exact) mass is 260 g/mol. The summed E-state index contributed by atoms with van der Waals surface area (Å²) in [5, 5.41) is 7.54. The van der Waals surface area contributed by atoms with E-state index in [1.54, 1.807) is 0 Å². The van der Waals surface area contributed by atoms with Gasteiger partial charge < -0.3 is 10.6 Å². The van der Waals surface area contributed by atoms with Crippen LogP contribution in [-0.4, -0.2) is 43.0 Å². The Bertz CT molecular complexity index is 461. The van der Waals surface area contributed by atoms with E-state index in [1.165, 1.54) is 16.8 Å². The highest BCUT2D eigenvalue weighted by Crippen LogP contribution is 2.24. The zero-order chi connectivity index (χ0) is 14.0. The lowest BCUT2D eigenvalue weighted by molar-refractivity contribution is 0.237. The molecule has 1 atom stereocenters. The fourth-order valence-corrected chi connectivity index (χ4v) is 2.63. The van der Waals surface area contributed by atoms with E-state index in [1.807, 2.05) is 6.92 Å². The third-order valence-electron chi connectivity index (χ3n) is 4.23. The summed E-state index contributed by atoms with van der Waals surface area (Å²) >= 11 is 0. The Hall–Kier alpha value is -1.55. The Kier molecular flexibility index (Phi) is 4.10. The highest BCUT2D eigenvalue weighted by atomic mass is 15.3. The highest BCUT2D eigenvalue weighted by Gasteiger charge is 2.23. The van der Waals surface area contributed by atoms with Crippen LogP contribution in [0.1, 0.15) is 18.1 Å². The quantitative estimate of drug-likeness (QED) is 0.643. The molecule has 0 aliphatic carbocycles. The van der Waals surface area contributed by atoms with Gasteiger partial charge in [0.15, 0.2) is 0 Å². The van der Waals surface area contributed by atoms with Crippen LogP contribution in [0.4, 0.5) is 5.69 Å². The molecule has 1 heterocycles. The topological polar surface area (TPSA) is 56.4 Å². The molecule has 1 saturated heterocycles. The van der Waals surface area contributed by atoms with Gasteiger partial charge in [-0.2, -0.15) is 0 Å². The summed E-state index contributed by atoms with van der Waals surface area (Å²) in [5.41, 5.74) is 9.64. The van der Waals surface area contributed by atoms with Gasteiger partial charge in [0.2, 0.25) is 0 Å². The SMILES string of the molecule is Cc1cccc(N2CCN(C(C)C(=N)N)CC2)c1C. The molecule has 19 heavy (non-hydrogen) atoms. The molecule has 0 spiro atoms. The van der Waals surface area contributed by atoms with E-state index in [0.717, 1.165) is 26.2 Å². The van der Waals surface area contributed by atoms with Crippen molar-refractivity contribution in [3.8, 4) is 0 Å². The van der Waals surface area contributed by atoms with E-state index >= 15 is 0 Å². The summed E-state index contributed by atoms with van der Waals surface area (Å²) in [6.07, 6.45) is 0. The number of piperazine rings is 1. The summed E-state index contributed by atoms with van der Waals surface area (Å²) in [5.74, 6) is 0.264. The van der Waals surface area contributed by atoms with E-state index in [0.29, 0.717) is 0 Å². The van der Waals surface area contributed by atoms with E-state index in [4.69, 9.17) is 11.1 Å². The minimum atomic E-state index is 0.0563. The number of amidine groups is 1. The molecule has 1 aromatic rings. The molecule has 0 amide bonds. The second-order valence-electron chi connectivity index (χ2n) is 5.37. The molecule has 104 valence electrons. The van der Waals surface area contributed by atoms with Gasteiger partial charge in [-0.15, -0.1) is 0 Å². The Morgan fingerprint density at radius 3 is 2.42 bits per heavy atom.